The average molecular weight is 691 g/mol. The maximum absolute atomic E-state index is 14.9. The van der Waals surface area contributed by atoms with Crippen LogP contribution in [-0.4, -0.2) is 31.6 Å². The summed E-state index contributed by atoms with van der Waals surface area (Å²) in [5, 5.41) is 0. The van der Waals surface area contributed by atoms with Crippen molar-refractivity contribution in [1.82, 2.24) is 0 Å². The fourth-order valence-electron chi connectivity index (χ4n) is 6.15. The number of sulfone groups is 1. The number of ketones is 4. The summed E-state index contributed by atoms with van der Waals surface area (Å²) < 4.78 is 29.9. The van der Waals surface area contributed by atoms with Crippen molar-refractivity contribution >= 4 is 33.0 Å². The van der Waals surface area contributed by atoms with Crippen molar-refractivity contribution in [1.29, 1.82) is 0 Å². The van der Waals surface area contributed by atoms with E-state index in [0.29, 0.717) is 33.4 Å². The van der Waals surface area contributed by atoms with Gasteiger partial charge in [-0.3, -0.25) is 19.2 Å². The van der Waals surface area contributed by atoms with Crippen LogP contribution in [0.25, 0.3) is 0 Å². The van der Waals surface area contributed by atoms with Crippen molar-refractivity contribution in [2.45, 2.75) is 35.5 Å². The molecule has 0 heterocycles. The number of benzene rings is 6. The Bertz CT molecular complexity index is 2160. The van der Waals surface area contributed by atoms with Gasteiger partial charge in [0.25, 0.3) is 0 Å². The average Bonchev–Trinajstić information content (AvgIpc) is 3.17. The van der Waals surface area contributed by atoms with Crippen LogP contribution in [0.5, 0.6) is 0 Å². The Hall–Kier alpha value is -6.05. The normalized spacial score (nSPS) is 11.1. The minimum atomic E-state index is -4.43. The highest BCUT2D eigenvalue weighted by Gasteiger charge is 2.30. The molecule has 0 amide bonds. The van der Waals surface area contributed by atoms with Gasteiger partial charge in [-0.1, -0.05) is 146 Å². The summed E-state index contributed by atoms with van der Waals surface area (Å²) in [5.74, 6) is -1.08. The van der Waals surface area contributed by atoms with Crippen molar-refractivity contribution in [3.63, 3.8) is 0 Å². The maximum Gasteiger partial charge on any atom is 0.207 e. The van der Waals surface area contributed by atoms with Gasteiger partial charge in [0.1, 0.15) is 0 Å². The summed E-state index contributed by atoms with van der Waals surface area (Å²) in [6.45, 7) is 0. The molecule has 0 aromatic heterocycles. The molecule has 0 bridgehead atoms. The molecule has 0 fully saturated rings. The zero-order valence-electron chi connectivity index (χ0n) is 27.7. The van der Waals surface area contributed by atoms with Crippen LogP contribution >= 0.6 is 0 Å². The lowest BCUT2D eigenvalue weighted by Crippen LogP contribution is -2.18. The molecule has 0 saturated carbocycles. The number of hydrogen-bond donors (Lipinski definition) is 0. The van der Waals surface area contributed by atoms with Gasteiger partial charge in [-0.2, -0.15) is 0 Å². The number of carbonyl (C=O) groups is 4. The lowest BCUT2D eigenvalue weighted by molar-refractivity contribution is 0.0978. The van der Waals surface area contributed by atoms with Crippen LogP contribution < -0.4 is 0 Å². The van der Waals surface area contributed by atoms with Crippen molar-refractivity contribution in [2.75, 3.05) is 0 Å². The second-order valence-electron chi connectivity index (χ2n) is 12.2. The smallest absolute Gasteiger partial charge is 0.207 e. The Morgan fingerprint density at radius 3 is 0.902 bits per heavy atom. The molecule has 0 N–H and O–H groups in total. The van der Waals surface area contributed by atoms with E-state index in [0.717, 1.165) is 0 Å². The highest BCUT2D eigenvalue weighted by atomic mass is 32.2. The van der Waals surface area contributed by atoms with Crippen LogP contribution in [-0.2, 0) is 35.5 Å². The SMILES string of the molecule is O=C(Cc1cccc(S(=O)(=O)c2cccc(CC(=O)c3ccccc3)c2CC(=O)c2ccccc2)c1CC(=O)c1ccccc1)c1ccccc1. The van der Waals surface area contributed by atoms with E-state index in [9.17, 15) is 27.6 Å². The minimum Gasteiger partial charge on any atom is -0.294 e. The van der Waals surface area contributed by atoms with E-state index in [-0.39, 0.29) is 69.7 Å². The van der Waals surface area contributed by atoms with Crippen LogP contribution in [0.3, 0.4) is 0 Å². The van der Waals surface area contributed by atoms with Gasteiger partial charge in [0, 0.05) is 47.9 Å². The first-order chi connectivity index (χ1) is 24.7. The van der Waals surface area contributed by atoms with Crippen LogP contribution in [0.2, 0.25) is 0 Å². The molecule has 0 saturated heterocycles. The van der Waals surface area contributed by atoms with Crippen LogP contribution in [0.4, 0.5) is 0 Å². The molecule has 0 spiro atoms. The zero-order valence-corrected chi connectivity index (χ0v) is 28.5. The third-order valence-corrected chi connectivity index (χ3v) is 10.7. The summed E-state index contributed by atoms with van der Waals surface area (Å²) in [6, 6.07) is 43.8. The highest BCUT2D eigenvalue weighted by Crippen LogP contribution is 2.33. The third-order valence-electron chi connectivity index (χ3n) is 8.80. The fourth-order valence-corrected chi connectivity index (χ4v) is 7.96. The number of rotatable bonds is 14. The summed E-state index contributed by atoms with van der Waals surface area (Å²) >= 11 is 0. The Balaban J connectivity index is 1.48. The number of Topliss-reactive ketones (excluding diaryl/α,β-unsaturated/α-hetero) is 4. The van der Waals surface area contributed by atoms with E-state index in [1.807, 2.05) is 0 Å². The first kappa shape index (κ1) is 34.8. The van der Waals surface area contributed by atoms with Crippen molar-refractivity contribution in [3.8, 4) is 0 Å². The second-order valence-corrected chi connectivity index (χ2v) is 14.0. The molecule has 0 atom stereocenters. The van der Waals surface area contributed by atoms with Gasteiger partial charge < -0.3 is 0 Å². The Morgan fingerprint density at radius 1 is 0.333 bits per heavy atom. The van der Waals surface area contributed by atoms with Gasteiger partial charge in [0.2, 0.25) is 9.84 Å². The van der Waals surface area contributed by atoms with Crippen molar-refractivity contribution in [3.05, 3.63) is 202 Å². The van der Waals surface area contributed by atoms with Gasteiger partial charge in [0.05, 0.1) is 9.79 Å². The Morgan fingerprint density at radius 2 is 0.608 bits per heavy atom. The maximum atomic E-state index is 14.9. The molecular formula is C44H34O6S. The zero-order chi connectivity index (χ0) is 35.8. The second kappa shape index (κ2) is 15.7. The molecule has 0 aliphatic rings. The van der Waals surface area contributed by atoms with E-state index in [4.69, 9.17) is 0 Å². The Kier molecular flexibility index (Phi) is 10.7. The highest BCUT2D eigenvalue weighted by molar-refractivity contribution is 7.91. The van der Waals surface area contributed by atoms with E-state index in [1.165, 1.54) is 12.1 Å². The lowest BCUT2D eigenvalue weighted by atomic mass is 9.94. The molecule has 51 heavy (non-hydrogen) atoms. The van der Waals surface area contributed by atoms with Crippen LogP contribution in [0.1, 0.15) is 63.7 Å². The molecule has 0 aliphatic carbocycles. The van der Waals surface area contributed by atoms with Crippen molar-refractivity contribution < 1.29 is 27.6 Å². The van der Waals surface area contributed by atoms with Gasteiger partial charge >= 0.3 is 0 Å². The van der Waals surface area contributed by atoms with Crippen LogP contribution in [0, 0.1) is 0 Å². The minimum absolute atomic E-state index is 0.129. The third kappa shape index (κ3) is 8.06. The molecule has 7 heteroatoms. The van der Waals surface area contributed by atoms with E-state index in [1.54, 1.807) is 146 Å². The first-order valence-corrected chi connectivity index (χ1v) is 18.0. The van der Waals surface area contributed by atoms with E-state index < -0.39 is 9.84 Å². The van der Waals surface area contributed by atoms with Gasteiger partial charge in [-0.25, -0.2) is 8.42 Å². The van der Waals surface area contributed by atoms with Crippen LogP contribution in [0.15, 0.2) is 168 Å². The van der Waals surface area contributed by atoms with E-state index in [2.05, 4.69) is 0 Å². The van der Waals surface area contributed by atoms with Crippen molar-refractivity contribution in [2.24, 2.45) is 0 Å². The van der Waals surface area contributed by atoms with Gasteiger partial charge in [-0.15, -0.1) is 0 Å². The molecule has 0 aliphatic heterocycles. The quantitative estimate of drug-likeness (QED) is 0.107. The monoisotopic (exact) mass is 690 g/mol. The Labute approximate surface area is 297 Å². The summed E-state index contributed by atoms with van der Waals surface area (Å²) in [6.07, 6.45) is -0.811. The molecule has 6 nitrogen and oxygen atoms in total. The molecule has 0 radical (unpaired) electrons. The van der Waals surface area contributed by atoms with Gasteiger partial charge in [0.15, 0.2) is 23.1 Å². The molecule has 252 valence electrons. The molecular weight excluding hydrogens is 657 g/mol. The topological polar surface area (TPSA) is 102 Å². The molecule has 6 aromatic rings. The molecule has 6 aromatic carbocycles. The lowest BCUT2D eigenvalue weighted by Gasteiger charge is -2.19. The predicted molar refractivity (Wildman–Crippen MR) is 196 cm³/mol. The summed E-state index contributed by atoms with van der Waals surface area (Å²) in [4.78, 5) is 53.9. The largest absolute Gasteiger partial charge is 0.294 e. The van der Waals surface area contributed by atoms with Gasteiger partial charge in [-0.05, 0) is 34.4 Å². The predicted octanol–water partition coefficient (Wildman–Crippen LogP) is 8.22. The summed E-state index contributed by atoms with van der Waals surface area (Å²) in [7, 11) is -4.43. The standard InChI is InChI=1S/C44H34O6S/c45-39(31-15-5-1-6-16-31)27-35-23-13-25-43(37(35)29-41(47)33-19-9-3-10-20-33)51(49,50)44-26-14-24-36(28-40(46)32-17-7-2-8-18-32)38(44)30-42(48)34-21-11-4-12-22-34/h1-26H,27-30H2. The summed E-state index contributed by atoms with van der Waals surface area (Å²) in [5.41, 5.74) is 2.97. The molecule has 0 unspecified atom stereocenters. The number of hydrogen-bond acceptors (Lipinski definition) is 6. The van der Waals surface area contributed by atoms with E-state index >= 15 is 0 Å². The fraction of sp³-hybridized carbons (Fsp3) is 0.0909. The molecule has 6 rings (SSSR count). The number of carbonyl (C=O) groups excluding carboxylic acids is 4. The first-order valence-electron chi connectivity index (χ1n) is 16.5.